The normalized spacial score (nSPS) is 10.5. The van der Waals surface area contributed by atoms with Crippen LogP contribution < -0.4 is 0 Å². The van der Waals surface area contributed by atoms with E-state index in [4.69, 9.17) is 0 Å². The van der Waals surface area contributed by atoms with E-state index in [0.29, 0.717) is 6.42 Å². The molecule has 0 aromatic heterocycles. The Hall–Kier alpha value is 0.390. The molecule has 0 aromatic carbocycles. The third-order valence-corrected chi connectivity index (χ3v) is 2.65. The van der Waals surface area contributed by atoms with Crippen LogP contribution in [0.2, 0.25) is 0 Å². The van der Waals surface area contributed by atoms with Gasteiger partial charge in [-0.1, -0.05) is 25.8 Å². The predicted octanol–water partition coefficient (Wildman–Crippen LogP) is 1.71. The molecule has 13 heavy (non-hydrogen) atoms. The first-order valence-corrected chi connectivity index (χ1v) is 5.68. The van der Waals surface area contributed by atoms with Gasteiger partial charge in [0.1, 0.15) is 0 Å². The summed E-state index contributed by atoms with van der Waals surface area (Å²) in [6, 6.07) is 0. The average molecular weight is 389 g/mol. The van der Waals surface area contributed by atoms with Crippen molar-refractivity contribution < 1.29 is 35.0 Å². The Labute approximate surface area is 96.2 Å². The monoisotopic (exact) mass is 389 g/mol. The summed E-state index contributed by atoms with van der Waals surface area (Å²) in [7, 11) is -3.29. The van der Waals surface area contributed by atoms with Crippen molar-refractivity contribution in [2.24, 2.45) is 0 Å². The molecule has 0 heterocycles. The summed E-state index contributed by atoms with van der Waals surface area (Å²) in [5.74, 6) is 0.120. The maximum Gasteiger partial charge on any atom is 0.267 e. The van der Waals surface area contributed by atoms with Gasteiger partial charge in [0, 0.05) is 22.4 Å². The van der Waals surface area contributed by atoms with Gasteiger partial charge in [-0.3, -0.25) is 4.18 Å². The van der Waals surface area contributed by atoms with Gasteiger partial charge < -0.3 is 0 Å². The molecule has 0 saturated carbocycles. The fraction of sp³-hybridized carbons (Fsp3) is 0.750. The molecule has 0 aliphatic heterocycles. The Morgan fingerprint density at radius 1 is 1.38 bits per heavy atom. The molecule has 5 heteroatoms. The van der Waals surface area contributed by atoms with Gasteiger partial charge in [-0.25, -0.2) is 0 Å². The van der Waals surface area contributed by atoms with Crippen LogP contribution in [0.4, 0.5) is 0 Å². The summed E-state index contributed by atoms with van der Waals surface area (Å²) in [5.41, 5.74) is 0. The minimum atomic E-state index is -3.29. The molecule has 0 N–H and O–H groups in total. The zero-order chi connectivity index (χ0) is 9.45. The minimum absolute atomic E-state index is 0. The van der Waals surface area contributed by atoms with Gasteiger partial charge >= 0.3 is 0 Å². The third-order valence-electron chi connectivity index (χ3n) is 1.36. The SMILES string of the molecule is C=CCOS(=O)(=O)CCCCC.[Au]. The van der Waals surface area contributed by atoms with Crippen molar-refractivity contribution in [1.82, 2.24) is 0 Å². The van der Waals surface area contributed by atoms with E-state index in [9.17, 15) is 8.42 Å². The van der Waals surface area contributed by atoms with Crippen molar-refractivity contribution in [3.63, 3.8) is 0 Å². The molecule has 83 valence electrons. The first-order chi connectivity index (χ1) is 5.62. The van der Waals surface area contributed by atoms with Crippen LogP contribution in [0.1, 0.15) is 26.2 Å². The van der Waals surface area contributed by atoms with Crippen LogP contribution in [-0.2, 0) is 36.7 Å². The summed E-state index contributed by atoms with van der Waals surface area (Å²) in [5, 5.41) is 0. The fourth-order valence-corrected chi connectivity index (χ4v) is 1.72. The van der Waals surface area contributed by atoms with E-state index >= 15 is 0 Å². The Kier molecular flexibility index (Phi) is 10.9. The van der Waals surface area contributed by atoms with E-state index in [2.05, 4.69) is 10.8 Å². The maximum absolute atomic E-state index is 11.0. The van der Waals surface area contributed by atoms with E-state index in [1.807, 2.05) is 6.92 Å². The minimum Gasteiger partial charge on any atom is -0.266 e. The second kappa shape index (κ2) is 8.97. The van der Waals surface area contributed by atoms with E-state index < -0.39 is 10.1 Å². The summed E-state index contributed by atoms with van der Waals surface area (Å²) in [6.45, 7) is 5.47. The molecule has 0 aliphatic carbocycles. The van der Waals surface area contributed by atoms with E-state index in [1.165, 1.54) is 6.08 Å². The van der Waals surface area contributed by atoms with Gasteiger partial charge in [0.2, 0.25) is 0 Å². The van der Waals surface area contributed by atoms with Gasteiger partial charge in [0.25, 0.3) is 10.1 Å². The number of hydrogen-bond donors (Lipinski definition) is 0. The topological polar surface area (TPSA) is 43.4 Å². The number of hydrogen-bond acceptors (Lipinski definition) is 3. The summed E-state index contributed by atoms with van der Waals surface area (Å²) >= 11 is 0. The zero-order valence-electron chi connectivity index (χ0n) is 7.75. The van der Waals surface area contributed by atoms with Gasteiger partial charge in [-0.05, 0) is 6.42 Å². The molecule has 0 aliphatic rings. The molecule has 0 saturated heterocycles. The average Bonchev–Trinajstić information content (AvgIpc) is 2.01. The molecule has 0 aromatic rings. The van der Waals surface area contributed by atoms with Crippen LogP contribution >= 0.6 is 0 Å². The van der Waals surface area contributed by atoms with Gasteiger partial charge in [0.15, 0.2) is 0 Å². The Morgan fingerprint density at radius 2 is 2.00 bits per heavy atom. The molecule has 0 unspecified atom stereocenters. The van der Waals surface area contributed by atoms with Crippen molar-refractivity contribution in [2.45, 2.75) is 26.2 Å². The van der Waals surface area contributed by atoms with E-state index in [0.717, 1.165) is 12.8 Å². The third kappa shape index (κ3) is 10.3. The van der Waals surface area contributed by atoms with E-state index in [-0.39, 0.29) is 34.7 Å². The number of unbranched alkanes of at least 4 members (excludes halogenated alkanes) is 2. The van der Waals surface area contributed by atoms with Gasteiger partial charge in [-0.15, -0.1) is 6.58 Å². The van der Waals surface area contributed by atoms with Gasteiger partial charge in [0.05, 0.1) is 12.4 Å². The predicted molar refractivity (Wildman–Crippen MR) is 49.5 cm³/mol. The van der Waals surface area contributed by atoms with Crippen molar-refractivity contribution in [3.8, 4) is 0 Å². The molecule has 0 atom stereocenters. The largest absolute Gasteiger partial charge is 0.267 e. The van der Waals surface area contributed by atoms with Crippen LogP contribution in [0.5, 0.6) is 0 Å². The molecule has 3 nitrogen and oxygen atoms in total. The molecule has 0 rings (SSSR count). The maximum atomic E-state index is 11.0. The molecule has 0 fully saturated rings. The smallest absolute Gasteiger partial charge is 0.266 e. The molecule has 0 bridgehead atoms. The van der Waals surface area contributed by atoms with Crippen molar-refractivity contribution in [1.29, 1.82) is 0 Å². The molecule has 0 amide bonds. The van der Waals surface area contributed by atoms with Crippen LogP contribution in [0.3, 0.4) is 0 Å². The van der Waals surface area contributed by atoms with Crippen LogP contribution in [0.15, 0.2) is 12.7 Å². The summed E-state index contributed by atoms with van der Waals surface area (Å²) < 4.78 is 26.6. The number of rotatable bonds is 7. The Bertz CT molecular complexity index is 211. The Balaban J connectivity index is 0. The Morgan fingerprint density at radius 3 is 2.46 bits per heavy atom. The first-order valence-electron chi connectivity index (χ1n) is 4.10. The van der Waals surface area contributed by atoms with Crippen molar-refractivity contribution in [2.75, 3.05) is 12.4 Å². The van der Waals surface area contributed by atoms with Crippen LogP contribution in [0.25, 0.3) is 0 Å². The quantitative estimate of drug-likeness (QED) is 0.288. The summed E-state index contributed by atoms with van der Waals surface area (Å²) in [4.78, 5) is 0. The van der Waals surface area contributed by atoms with E-state index in [1.54, 1.807) is 0 Å². The van der Waals surface area contributed by atoms with Crippen molar-refractivity contribution in [3.05, 3.63) is 12.7 Å². The zero-order valence-corrected chi connectivity index (χ0v) is 10.7. The molecular formula is C8H16AuO3S. The second-order valence-corrected chi connectivity index (χ2v) is 4.30. The second-order valence-electron chi connectivity index (χ2n) is 2.54. The van der Waals surface area contributed by atoms with Crippen LogP contribution in [0, 0.1) is 0 Å². The molecule has 0 spiro atoms. The molecular weight excluding hydrogens is 373 g/mol. The molecule has 1 radical (unpaired) electrons. The van der Waals surface area contributed by atoms with Gasteiger partial charge in [-0.2, -0.15) is 8.42 Å². The van der Waals surface area contributed by atoms with Crippen molar-refractivity contribution >= 4 is 10.1 Å². The standard InChI is InChI=1S/C8H16O3S.Au/c1-3-5-6-8-12(9,10)11-7-4-2;/h4H,2-3,5-8H2,1H3;. The fourth-order valence-electron chi connectivity index (χ4n) is 0.740. The summed E-state index contributed by atoms with van der Waals surface area (Å²) in [6.07, 6.45) is 4.04. The first kappa shape index (κ1) is 15.8. The van der Waals surface area contributed by atoms with Crippen LogP contribution in [-0.4, -0.2) is 20.8 Å².